The Labute approximate surface area is 340 Å². The van der Waals surface area contributed by atoms with E-state index in [4.69, 9.17) is 9.97 Å². The highest BCUT2D eigenvalue weighted by atomic mass is 15.0. The summed E-state index contributed by atoms with van der Waals surface area (Å²) in [4.78, 5) is 10.4. The van der Waals surface area contributed by atoms with Gasteiger partial charge in [0.1, 0.15) is 0 Å². The molecule has 12 aromatic rings. The number of benzene rings is 9. The lowest BCUT2D eigenvalue weighted by atomic mass is 9.82. The van der Waals surface area contributed by atoms with Crippen molar-refractivity contribution >= 4 is 76.2 Å². The van der Waals surface area contributed by atoms with E-state index in [1.807, 2.05) is 6.20 Å². The van der Waals surface area contributed by atoms with Gasteiger partial charge in [-0.2, -0.15) is 0 Å². The van der Waals surface area contributed by atoms with Crippen LogP contribution in [0.15, 0.2) is 182 Å². The minimum Gasteiger partial charge on any atom is -0.309 e. The molecule has 0 saturated heterocycles. The largest absolute Gasteiger partial charge is 0.309 e. The van der Waals surface area contributed by atoms with Crippen LogP contribution in [0.1, 0.15) is 25.0 Å². The zero-order valence-electron chi connectivity index (χ0n) is 32.6. The second-order valence-corrected chi connectivity index (χ2v) is 16.6. The monoisotopic (exact) mass is 752 g/mol. The van der Waals surface area contributed by atoms with Gasteiger partial charge in [-0.3, -0.25) is 4.98 Å². The van der Waals surface area contributed by atoms with Crippen LogP contribution in [0.5, 0.6) is 0 Å². The molecule has 13 rings (SSSR count). The number of nitrogens with zero attached hydrogens (tertiary/aromatic N) is 4. The van der Waals surface area contributed by atoms with Crippen LogP contribution in [-0.4, -0.2) is 19.1 Å². The lowest BCUT2D eigenvalue weighted by Crippen LogP contribution is -2.15. The Hall–Kier alpha value is -7.56. The average Bonchev–Trinajstić information content (AvgIpc) is 3.87. The second kappa shape index (κ2) is 11.7. The predicted molar refractivity (Wildman–Crippen MR) is 246 cm³/mol. The molecular weight excluding hydrogens is 717 g/mol. The van der Waals surface area contributed by atoms with Crippen molar-refractivity contribution in [3.05, 3.63) is 193 Å². The van der Waals surface area contributed by atoms with Crippen molar-refractivity contribution in [2.45, 2.75) is 19.3 Å². The molecule has 0 unspecified atom stereocenters. The van der Waals surface area contributed by atoms with E-state index in [-0.39, 0.29) is 5.41 Å². The van der Waals surface area contributed by atoms with Crippen molar-refractivity contribution in [1.29, 1.82) is 0 Å². The van der Waals surface area contributed by atoms with Crippen LogP contribution in [0.3, 0.4) is 0 Å². The van der Waals surface area contributed by atoms with E-state index in [0.29, 0.717) is 0 Å². The predicted octanol–water partition coefficient (Wildman–Crippen LogP) is 14.1. The fourth-order valence-electron chi connectivity index (χ4n) is 10.4. The van der Waals surface area contributed by atoms with Gasteiger partial charge in [0.15, 0.2) is 0 Å². The lowest BCUT2D eigenvalue weighted by Gasteiger charge is -2.22. The fraction of sp³-hybridized carbons (Fsp3) is 0.0545. The first-order valence-electron chi connectivity index (χ1n) is 20.4. The molecule has 1 aliphatic carbocycles. The standard InChI is InChI=1S/C55H36N4/c1-55(2)46-23-10-7-18-38(46)39-27-26-35(29-47(39)55)59-50-25-12-9-20-41(50)45-30-51-44(31-52(45)59)40-19-8-11-24-49(40)58(51)34-15-13-14-33(28-34)48-32-56-53-42-21-5-3-16-36(42)37-17-4-6-22-43(37)54(53)57-48/h3-32H,1-2H3. The Morgan fingerprint density at radius 2 is 0.932 bits per heavy atom. The Balaban J connectivity index is 1.02. The third-order valence-corrected chi connectivity index (χ3v) is 13.1. The van der Waals surface area contributed by atoms with Crippen molar-refractivity contribution in [3.63, 3.8) is 0 Å². The van der Waals surface area contributed by atoms with Crippen LogP contribution in [0.2, 0.25) is 0 Å². The summed E-state index contributed by atoms with van der Waals surface area (Å²) in [5.41, 5.74) is 16.1. The minimum atomic E-state index is -0.0868. The van der Waals surface area contributed by atoms with Crippen LogP contribution in [-0.2, 0) is 5.41 Å². The number of aromatic nitrogens is 4. The summed E-state index contributed by atoms with van der Waals surface area (Å²) in [6.45, 7) is 4.72. The SMILES string of the molecule is CC1(C)c2ccccc2-c2ccc(-n3c4ccccc4c4cc5c(cc43)c3ccccc3n5-c3cccc(-c4cnc5c6ccccc6c6ccccc6c5n4)c3)cc21. The van der Waals surface area contributed by atoms with Crippen LogP contribution in [0.4, 0.5) is 0 Å². The van der Waals surface area contributed by atoms with Crippen LogP contribution in [0.25, 0.3) is 110 Å². The highest BCUT2D eigenvalue weighted by Gasteiger charge is 2.35. The molecule has 276 valence electrons. The maximum Gasteiger partial charge on any atom is 0.0979 e. The Bertz CT molecular complexity index is 3730. The molecule has 59 heavy (non-hydrogen) atoms. The van der Waals surface area contributed by atoms with Gasteiger partial charge in [-0.25, -0.2) is 4.98 Å². The lowest BCUT2D eigenvalue weighted by molar-refractivity contribution is 0.660. The molecule has 3 heterocycles. The number of fused-ring (bicyclic) bond motifs is 15. The van der Waals surface area contributed by atoms with Crippen LogP contribution < -0.4 is 0 Å². The van der Waals surface area contributed by atoms with Crippen LogP contribution >= 0.6 is 0 Å². The highest BCUT2D eigenvalue weighted by molar-refractivity contribution is 6.23. The molecule has 9 aromatic carbocycles. The minimum absolute atomic E-state index is 0.0868. The first-order chi connectivity index (χ1) is 29.0. The number of rotatable bonds is 3. The summed E-state index contributed by atoms with van der Waals surface area (Å²) in [6, 6.07) is 64.3. The van der Waals surface area contributed by atoms with E-state index in [0.717, 1.165) is 38.8 Å². The van der Waals surface area contributed by atoms with Gasteiger partial charge in [0, 0.05) is 54.7 Å². The van der Waals surface area contributed by atoms with E-state index in [9.17, 15) is 0 Å². The van der Waals surface area contributed by atoms with Gasteiger partial charge in [0.05, 0.1) is 45.0 Å². The molecule has 0 bridgehead atoms. The summed E-state index contributed by atoms with van der Waals surface area (Å²) < 4.78 is 4.90. The van der Waals surface area contributed by atoms with E-state index < -0.39 is 0 Å². The summed E-state index contributed by atoms with van der Waals surface area (Å²) in [5.74, 6) is 0. The third-order valence-electron chi connectivity index (χ3n) is 13.1. The third kappa shape index (κ3) is 4.43. The van der Waals surface area contributed by atoms with Gasteiger partial charge in [-0.15, -0.1) is 0 Å². The highest BCUT2D eigenvalue weighted by Crippen LogP contribution is 2.50. The number of hydrogen-bond donors (Lipinski definition) is 0. The zero-order valence-corrected chi connectivity index (χ0v) is 32.6. The van der Waals surface area contributed by atoms with Gasteiger partial charge in [-0.05, 0) is 81.6 Å². The van der Waals surface area contributed by atoms with Crippen molar-refractivity contribution in [2.75, 3.05) is 0 Å². The zero-order chi connectivity index (χ0) is 39.0. The van der Waals surface area contributed by atoms with Gasteiger partial charge in [0.25, 0.3) is 0 Å². The molecule has 0 amide bonds. The maximum atomic E-state index is 5.35. The van der Waals surface area contributed by atoms with E-state index in [1.165, 1.54) is 82.3 Å². The first kappa shape index (κ1) is 32.5. The molecule has 0 fully saturated rings. The molecule has 3 aromatic heterocycles. The summed E-state index contributed by atoms with van der Waals surface area (Å²) in [6.07, 6.45) is 1.94. The summed E-state index contributed by atoms with van der Waals surface area (Å²) in [5, 5.41) is 9.55. The molecular formula is C55H36N4. The smallest absolute Gasteiger partial charge is 0.0979 e. The Morgan fingerprint density at radius 3 is 1.61 bits per heavy atom. The van der Waals surface area contributed by atoms with Crippen molar-refractivity contribution in [3.8, 4) is 33.8 Å². The molecule has 0 aliphatic heterocycles. The molecule has 4 nitrogen and oxygen atoms in total. The molecule has 1 aliphatic rings. The van der Waals surface area contributed by atoms with Gasteiger partial charge in [-0.1, -0.05) is 141 Å². The summed E-state index contributed by atoms with van der Waals surface area (Å²) >= 11 is 0. The van der Waals surface area contributed by atoms with E-state index >= 15 is 0 Å². The Morgan fingerprint density at radius 1 is 0.390 bits per heavy atom. The van der Waals surface area contributed by atoms with Crippen molar-refractivity contribution in [1.82, 2.24) is 19.1 Å². The Kier molecular flexibility index (Phi) is 6.48. The number of para-hydroxylation sites is 2. The number of hydrogen-bond acceptors (Lipinski definition) is 2. The first-order valence-corrected chi connectivity index (χ1v) is 20.4. The maximum absolute atomic E-state index is 5.35. The van der Waals surface area contributed by atoms with E-state index in [2.05, 4.69) is 199 Å². The second-order valence-electron chi connectivity index (χ2n) is 16.6. The topological polar surface area (TPSA) is 35.6 Å². The van der Waals surface area contributed by atoms with Gasteiger partial charge >= 0.3 is 0 Å². The van der Waals surface area contributed by atoms with Crippen LogP contribution in [0, 0.1) is 0 Å². The normalized spacial score (nSPS) is 13.4. The molecule has 0 saturated carbocycles. The quantitative estimate of drug-likeness (QED) is 0.169. The summed E-state index contributed by atoms with van der Waals surface area (Å²) in [7, 11) is 0. The molecule has 0 radical (unpaired) electrons. The van der Waals surface area contributed by atoms with Crippen molar-refractivity contribution < 1.29 is 0 Å². The van der Waals surface area contributed by atoms with Gasteiger partial charge in [0.2, 0.25) is 0 Å². The average molecular weight is 753 g/mol. The molecule has 0 spiro atoms. The fourth-order valence-corrected chi connectivity index (χ4v) is 10.4. The molecule has 0 N–H and O–H groups in total. The molecule has 0 atom stereocenters. The van der Waals surface area contributed by atoms with Gasteiger partial charge < -0.3 is 9.13 Å². The molecule has 4 heteroatoms. The van der Waals surface area contributed by atoms with Crippen molar-refractivity contribution in [2.24, 2.45) is 0 Å². The van der Waals surface area contributed by atoms with E-state index in [1.54, 1.807) is 0 Å².